The topological polar surface area (TPSA) is 59.3 Å². The molecule has 2 aromatic rings. The first-order valence-electron chi connectivity index (χ1n) is 5.21. The van der Waals surface area contributed by atoms with Crippen molar-refractivity contribution in [1.82, 2.24) is 4.57 Å². The van der Waals surface area contributed by atoms with E-state index < -0.39 is 29.7 Å². The van der Waals surface area contributed by atoms with E-state index in [0.29, 0.717) is 0 Å². The van der Waals surface area contributed by atoms with Gasteiger partial charge in [-0.2, -0.15) is 13.2 Å². The van der Waals surface area contributed by atoms with Gasteiger partial charge in [0.1, 0.15) is 6.54 Å². The fourth-order valence-electron chi connectivity index (χ4n) is 1.77. The van der Waals surface area contributed by atoms with Gasteiger partial charge in [-0.3, -0.25) is 9.59 Å². The Kier molecular flexibility index (Phi) is 3.05. The maximum atomic E-state index is 12.6. The van der Waals surface area contributed by atoms with Crippen molar-refractivity contribution < 1.29 is 23.1 Å². The fraction of sp³-hybridized carbons (Fsp3) is 0.167. The lowest BCUT2D eigenvalue weighted by molar-refractivity contribution is -0.138. The molecule has 0 amide bonds. The van der Waals surface area contributed by atoms with Gasteiger partial charge in [0.05, 0.1) is 11.1 Å². The highest BCUT2D eigenvalue weighted by molar-refractivity contribution is 5.81. The highest BCUT2D eigenvalue weighted by Gasteiger charge is 2.30. The zero-order valence-corrected chi connectivity index (χ0v) is 9.44. The number of aromatic nitrogens is 1. The number of halogens is 3. The molecule has 1 heterocycles. The largest absolute Gasteiger partial charge is 0.480 e. The second kappa shape index (κ2) is 4.42. The first-order chi connectivity index (χ1) is 8.79. The summed E-state index contributed by atoms with van der Waals surface area (Å²) in [7, 11) is 0. The van der Waals surface area contributed by atoms with Gasteiger partial charge in [0.25, 0.3) is 0 Å². The van der Waals surface area contributed by atoms with E-state index in [4.69, 9.17) is 5.11 Å². The van der Waals surface area contributed by atoms with Crippen molar-refractivity contribution in [3.8, 4) is 0 Å². The van der Waals surface area contributed by atoms with Gasteiger partial charge < -0.3 is 9.67 Å². The van der Waals surface area contributed by atoms with Gasteiger partial charge in [-0.05, 0) is 18.2 Å². The molecule has 19 heavy (non-hydrogen) atoms. The molecule has 0 bridgehead atoms. The number of carboxylic acids is 1. The number of hydrogen-bond acceptors (Lipinski definition) is 2. The first-order valence-corrected chi connectivity index (χ1v) is 5.21. The van der Waals surface area contributed by atoms with Crippen molar-refractivity contribution >= 4 is 16.9 Å². The number of alkyl halides is 3. The summed E-state index contributed by atoms with van der Waals surface area (Å²) >= 11 is 0. The van der Waals surface area contributed by atoms with E-state index in [-0.39, 0.29) is 10.9 Å². The Labute approximate surface area is 104 Å². The fourth-order valence-corrected chi connectivity index (χ4v) is 1.77. The van der Waals surface area contributed by atoms with Crippen LogP contribution in [-0.2, 0) is 17.5 Å². The Morgan fingerprint density at radius 2 is 1.95 bits per heavy atom. The quantitative estimate of drug-likeness (QED) is 0.910. The molecule has 0 aliphatic rings. The molecule has 1 N–H and O–H groups in total. The lowest BCUT2D eigenvalue weighted by Gasteiger charge is -2.11. The SMILES string of the molecule is O=C(O)Cn1ccc(=O)c2ccc(C(F)(F)F)cc21. The van der Waals surface area contributed by atoms with Crippen LogP contribution < -0.4 is 5.43 Å². The van der Waals surface area contributed by atoms with E-state index in [1.54, 1.807) is 0 Å². The normalized spacial score (nSPS) is 11.7. The molecule has 0 spiro atoms. The molecule has 100 valence electrons. The van der Waals surface area contributed by atoms with Gasteiger partial charge in [0, 0.05) is 17.6 Å². The summed E-state index contributed by atoms with van der Waals surface area (Å²) in [6.45, 7) is -0.516. The molecule has 0 saturated carbocycles. The summed E-state index contributed by atoms with van der Waals surface area (Å²) in [4.78, 5) is 22.2. The van der Waals surface area contributed by atoms with Crippen LogP contribution >= 0.6 is 0 Å². The number of benzene rings is 1. The summed E-state index contributed by atoms with van der Waals surface area (Å²) in [6, 6.07) is 3.76. The molecule has 0 aliphatic carbocycles. The summed E-state index contributed by atoms with van der Waals surface area (Å²) in [5.41, 5.74) is -1.43. The molecule has 0 radical (unpaired) electrons. The number of nitrogens with zero attached hydrogens (tertiary/aromatic N) is 1. The number of fused-ring (bicyclic) bond motifs is 1. The average molecular weight is 271 g/mol. The second-order valence-corrected chi connectivity index (χ2v) is 3.93. The van der Waals surface area contributed by atoms with Crippen LogP contribution in [0.15, 0.2) is 35.3 Å². The molecule has 1 aromatic carbocycles. The van der Waals surface area contributed by atoms with Crippen LogP contribution in [-0.4, -0.2) is 15.6 Å². The number of aliphatic carboxylic acids is 1. The third kappa shape index (κ3) is 2.59. The van der Waals surface area contributed by atoms with Crippen LogP contribution in [0.2, 0.25) is 0 Å². The van der Waals surface area contributed by atoms with Crippen LogP contribution in [0.3, 0.4) is 0 Å². The van der Waals surface area contributed by atoms with Crippen molar-refractivity contribution in [3.05, 3.63) is 46.2 Å². The Morgan fingerprint density at radius 3 is 2.53 bits per heavy atom. The van der Waals surface area contributed by atoms with Gasteiger partial charge in [0.2, 0.25) is 0 Å². The van der Waals surface area contributed by atoms with Gasteiger partial charge >= 0.3 is 12.1 Å². The van der Waals surface area contributed by atoms with Crippen LogP contribution in [0.1, 0.15) is 5.56 Å². The first kappa shape index (κ1) is 13.1. The molecule has 0 unspecified atom stereocenters. The van der Waals surface area contributed by atoms with Crippen LogP contribution in [0.25, 0.3) is 10.9 Å². The van der Waals surface area contributed by atoms with Crippen molar-refractivity contribution in [2.24, 2.45) is 0 Å². The minimum atomic E-state index is -4.55. The van der Waals surface area contributed by atoms with Crippen LogP contribution in [0, 0.1) is 0 Å². The molecular weight excluding hydrogens is 263 g/mol. The zero-order chi connectivity index (χ0) is 14.2. The molecule has 0 atom stereocenters. The Balaban J connectivity index is 2.73. The molecule has 1 aromatic heterocycles. The monoisotopic (exact) mass is 271 g/mol. The van der Waals surface area contributed by atoms with Crippen LogP contribution in [0.4, 0.5) is 13.2 Å². The molecule has 7 heteroatoms. The van der Waals surface area contributed by atoms with Crippen molar-refractivity contribution in [2.45, 2.75) is 12.7 Å². The third-order valence-corrected chi connectivity index (χ3v) is 2.61. The summed E-state index contributed by atoms with van der Waals surface area (Å²) in [5, 5.41) is 8.76. The molecular formula is C12H8F3NO3. The molecule has 2 rings (SSSR count). The van der Waals surface area contributed by atoms with Crippen molar-refractivity contribution in [1.29, 1.82) is 0 Å². The van der Waals surface area contributed by atoms with E-state index in [9.17, 15) is 22.8 Å². The smallest absolute Gasteiger partial charge is 0.416 e. The number of hydrogen-bond donors (Lipinski definition) is 1. The third-order valence-electron chi connectivity index (χ3n) is 2.61. The van der Waals surface area contributed by atoms with Gasteiger partial charge in [-0.25, -0.2) is 0 Å². The minimum Gasteiger partial charge on any atom is -0.480 e. The lowest BCUT2D eigenvalue weighted by atomic mass is 10.1. The maximum absolute atomic E-state index is 12.6. The Hall–Kier alpha value is -2.31. The minimum absolute atomic E-state index is 0.0512. The molecule has 4 nitrogen and oxygen atoms in total. The Bertz CT molecular complexity index is 703. The summed E-state index contributed by atoms with van der Waals surface area (Å²) in [5.74, 6) is -1.21. The van der Waals surface area contributed by atoms with Crippen molar-refractivity contribution in [2.75, 3.05) is 0 Å². The van der Waals surface area contributed by atoms with E-state index in [1.807, 2.05) is 0 Å². The number of pyridine rings is 1. The Morgan fingerprint density at radius 1 is 1.26 bits per heavy atom. The van der Waals surface area contributed by atoms with E-state index in [1.165, 1.54) is 6.20 Å². The maximum Gasteiger partial charge on any atom is 0.416 e. The predicted octanol–water partition coefficient (Wildman–Crippen LogP) is 2.10. The van der Waals surface area contributed by atoms with Gasteiger partial charge in [-0.1, -0.05) is 0 Å². The highest BCUT2D eigenvalue weighted by atomic mass is 19.4. The van der Waals surface area contributed by atoms with E-state index >= 15 is 0 Å². The molecule has 0 fully saturated rings. The highest BCUT2D eigenvalue weighted by Crippen LogP contribution is 2.30. The molecule has 0 aliphatic heterocycles. The standard InChI is InChI=1S/C12H8F3NO3/c13-12(14,15)7-1-2-8-9(5-7)16(6-11(18)19)4-3-10(8)17/h1-5H,6H2,(H,18,19). The number of rotatable bonds is 2. The second-order valence-electron chi connectivity index (χ2n) is 3.93. The number of carboxylic acid groups (broad SMARTS) is 1. The molecule has 0 saturated heterocycles. The van der Waals surface area contributed by atoms with Gasteiger partial charge in [0.15, 0.2) is 5.43 Å². The predicted molar refractivity (Wildman–Crippen MR) is 60.8 cm³/mol. The summed E-state index contributed by atoms with van der Waals surface area (Å²) < 4.78 is 38.9. The zero-order valence-electron chi connectivity index (χ0n) is 9.44. The van der Waals surface area contributed by atoms with Crippen LogP contribution in [0.5, 0.6) is 0 Å². The number of carbonyl (C=O) groups is 1. The van der Waals surface area contributed by atoms with Gasteiger partial charge in [-0.15, -0.1) is 0 Å². The van der Waals surface area contributed by atoms with E-state index in [0.717, 1.165) is 28.8 Å². The lowest BCUT2D eigenvalue weighted by Crippen LogP contribution is -2.14. The van der Waals surface area contributed by atoms with E-state index in [2.05, 4.69) is 0 Å². The van der Waals surface area contributed by atoms with Crippen molar-refractivity contribution in [3.63, 3.8) is 0 Å². The average Bonchev–Trinajstić information content (AvgIpc) is 2.31. The summed E-state index contributed by atoms with van der Waals surface area (Å²) in [6.07, 6.45) is -3.38.